The van der Waals surface area contributed by atoms with Gasteiger partial charge in [-0.15, -0.1) is 0 Å². The van der Waals surface area contributed by atoms with Gasteiger partial charge in [0.1, 0.15) is 18.3 Å². The molecule has 2 aromatic rings. The zero-order valence-corrected chi connectivity index (χ0v) is 13.1. The van der Waals surface area contributed by atoms with E-state index in [1.807, 2.05) is 0 Å². The highest BCUT2D eigenvalue weighted by Crippen LogP contribution is 2.32. The molecule has 2 aromatic heterocycles. The number of H-pyrrole nitrogens is 1. The summed E-state index contributed by atoms with van der Waals surface area (Å²) in [5, 5.41) is 29.2. The number of hydrogen-bond donors (Lipinski definition) is 4. The summed E-state index contributed by atoms with van der Waals surface area (Å²) in [6.45, 7) is -0.451. The molecule has 0 spiro atoms. The van der Waals surface area contributed by atoms with Crippen molar-refractivity contribution >= 4 is 23.3 Å². The molecule has 0 unspecified atom stereocenters. The molecule has 11 nitrogen and oxygen atoms in total. The molecule has 4 N–H and O–H groups in total. The summed E-state index contributed by atoms with van der Waals surface area (Å²) in [6, 6.07) is 0. The van der Waals surface area contributed by atoms with Crippen molar-refractivity contribution in [3.05, 3.63) is 16.8 Å². The Hall–Kier alpha value is -2.34. The Labute approximate surface area is 135 Å². The first-order chi connectivity index (χ1) is 11.4. The molecule has 11 heteroatoms. The lowest BCUT2D eigenvalue weighted by Gasteiger charge is -2.16. The van der Waals surface area contributed by atoms with Gasteiger partial charge in [-0.25, -0.2) is 14.8 Å². The summed E-state index contributed by atoms with van der Waals surface area (Å²) in [6.07, 6.45) is -1.69. The fraction of sp³-hybridized carbons (Fsp3) is 0.538. The smallest absolute Gasteiger partial charge is 0.348 e. The average Bonchev–Trinajstić information content (AvgIpc) is 3.07. The van der Waals surface area contributed by atoms with Crippen LogP contribution in [0.5, 0.6) is 0 Å². The van der Waals surface area contributed by atoms with Crippen molar-refractivity contribution in [1.82, 2.24) is 24.4 Å². The zero-order valence-electron chi connectivity index (χ0n) is 13.1. The number of aromatic nitrogens is 4. The van der Waals surface area contributed by atoms with Gasteiger partial charge in [-0.2, -0.15) is 4.98 Å². The molecule has 1 saturated heterocycles. The van der Waals surface area contributed by atoms with Crippen LogP contribution in [0.1, 0.15) is 6.23 Å². The maximum atomic E-state index is 11.8. The van der Waals surface area contributed by atoms with E-state index >= 15 is 0 Å². The van der Waals surface area contributed by atoms with Crippen LogP contribution in [0, 0.1) is 0 Å². The summed E-state index contributed by atoms with van der Waals surface area (Å²) in [4.78, 5) is 28.1. The van der Waals surface area contributed by atoms with Gasteiger partial charge in [0.2, 0.25) is 0 Å². The maximum absolute atomic E-state index is 11.8. The molecule has 3 rings (SSSR count). The minimum absolute atomic E-state index is 0.152. The van der Waals surface area contributed by atoms with Gasteiger partial charge in [0.15, 0.2) is 23.2 Å². The summed E-state index contributed by atoms with van der Waals surface area (Å²) in [5.41, 5.74) is -0.174. The number of hydrogen-bond acceptors (Lipinski definition) is 8. The number of nitrogens with zero attached hydrogens (tertiary/aromatic N) is 5. The van der Waals surface area contributed by atoms with Gasteiger partial charge >= 0.3 is 5.69 Å². The Morgan fingerprint density at radius 3 is 2.83 bits per heavy atom. The number of ether oxygens (including phenoxy) is 1. The molecule has 1 fully saturated rings. The van der Waals surface area contributed by atoms with Crippen molar-refractivity contribution < 1.29 is 20.1 Å². The first-order valence-electron chi connectivity index (χ1n) is 7.22. The fourth-order valence-electron chi connectivity index (χ4n) is 2.48. The van der Waals surface area contributed by atoms with Crippen LogP contribution in [0.2, 0.25) is 0 Å². The first kappa shape index (κ1) is 16.5. The number of imidazole rings is 1. The Bertz CT molecular complexity index is 815. The van der Waals surface area contributed by atoms with Crippen LogP contribution in [0.4, 0.5) is 5.82 Å². The Morgan fingerprint density at radius 1 is 1.46 bits per heavy atom. The molecule has 0 aliphatic carbocycles. The zero-order chi connectivity index (χ0) is 17.4. The quantitative estimate of drug-likeness (QED) is 0.368. The molecule has 0 bridgehead atoms. The number of aliphatic hydroxyl groups is 3. The summed E-state index contributed by atoms with van der Waals surface area (Å²) in [5.74, 6) is 0.212. The lowest BCUT2D eigenvalue weighted by Crippen LogP contribution is -2.33. The number of rotatable bonds is 4. The summed E-state index contributed by atoms with van der Waals surface area (Å²) in [7, 11) is 3.55. The molecule has 1 aliphatic rings. The van der Waals surface area contributed by atoms with Gasteiger partial charge in [0.05, 0.1) is 19.3 Å². The van der Waals surface area contributed by atoms with Crippen LogP contribution in [0.3, 0.4) is 0 Å². The summed E-state index contributed by atoms with van der Waals surface area (Å²) >= 11 is 0. The second-order valence-corrected chi connectivity index (χ2v) is 5.65. The lowest BCUT2D eigenvalue weighted by molar-refractivity contribution is -0.0511. The van der Waals surface area contributed by atoms with Crippen molar-refractivity contribution in [2.45, 2.75) is 24.5 Å². The second-order valence-electron chi connectivity index (χ2n) is 5.65. The van der Waals surface area contributed by atoms with Gasteiger partial charge in [-0.3, -0.25) is 9.55 Å². The van der Waals surface area contributed by atoms with Crippen LogP contribution in [-0.4, -0.2) is 85.1 Å². The standard InChI is InChI=1S/C13H18N6O5/c1-18(2)4-15-10-7-11(17-13(23)16-10)19(5-14-7)12-9(22)8(21)6(3-20)24-12/h4-6,8-9,12,20-22H,3H2,1-2H3,(H,16,17,23)/b15-4+/t6-,8-,9-,12-/m1/s1. The van der Waals surface area contributed by atoms with E-state index in [0.29, 0.717) is 5.52 Å². The van der Waals surface area contributed by atoms with E-state index in [-0.39, 0.29) is 11.5 Å². The molecular weight excluding hydrogens is 320 g/mol. The minimum atomic E-state index is -1.30. The van der Waals surface area contributed by atoms with Crippen molar-refractivity contribution in [2.24, 2.45) is 4.99 Å². The van der Waals surface area contributed by atoms with Crippen molar-refractivity contribution in [1.29, 1.82) is 0 Å². The summed E-state index contributed by atoms with van der Waals surface area (Å²) < 4.78 is 6.78. The van der Waals surface area contributed by atoms with E-state index in [1.165, 1.54) is 17.2 Å². The third-order valence-electron chi connectivity index (χ3n) is 3.63. The third kappa shape index (κ3) is 2.78. The molecule has 24 heavy (non-hydrogen) atoms. The van der Waals surface area contributed by atoms with Crippen molar-refractivity contribution in [3.63, 3.8) is 0 Å². The van der Waals surface area contributed by atoms with Crippen molar-refractivity contribution in [2.75, 3.05) is 20.7 Å². The molecule has 3 heterocycles. The molecule has 0 amide bonds. The predicted octanol–water partition coefficient (Wildman–Crippen LogP) is -2.05. The molecule has 0 aromatic carbocycles. The highest BCUT2D eigenvalue weighted by molar-refractivity contribution is 5.82. The van der Waals surface area contributed by atoms with E-state index in [0.717, 1.165) is 0 Å². The number of aromatic amines is 1. The number of aliphatic hydroxyl groups excluding tert-OH is 3. The van der Waals surface area contributed by atoms with Gasteiger partial charge in [0, 0.05) is 14.1 Å². The van der Waals surface area contributed by atoms with Crippen LogP contribution < -0.4 is 5.69 Å². The maximum Gasteiger partial charge on any atom is 0.348 e. The molecule has 0 saturated carbocycles. The first-order valence-corrected chi connectivity index (χ1v) is 7.22. The van der Waals surface area contributed by atoms with Gasteiger partial charge < -0.3 is 25.0 Å². The van der Waals surface area contributed by atoms with Gasteiger partial charge in [-0.1, -0.05) is 0 Å². The SMILES string of the molecule is CN(C)/C=N/c1[nH]c(=O)nc2c1ncn2[C@@H]1O[C@H](CO)[C@@H](O)[C@H]1O. The largest absolute Gasteiger partial charge is 0.394 e. The lowest BCUT2D eigenvalue weighted by atomic mass is 10.1. The van der Waals surface area contributed by atoms with E-state index in [1.54, 1.807) is 19.0 Å². The third-order valence-corrected chi connectivity index (χ3v) is 3.63. The second kappa shape index (κ2) is 6.28. The highest BCUT2D eigenvalue weighted by atomic mass is 16.6. The van der Waals surface area contributed by atoms with Gasteiger partial charge in [0.25, 0.3) is 0 Å². The number of nitrogens with one attached hydrogen (secondary N) is 1. The van der Waals surface area contributed by atoms with Crippen LogP contribution >= 0.6 is 0 Å². The number of aliphatic imine (C=N–C) groups is 1. The van der Waals surface area contributed by atoms with Crippen LogP contribution in [0.15, 0.2) is 16.1 Å². The predicted molar refractivity (Wildman–Crippen MR) is 83.0 cm³/mol. The van der Waals surface area contributed by atoms with E-state index in [4.69, 9.17) is 4.74 Å². The molecular formula is C13H18N6O5. The number of fused-ring (bicyclic) bond motifs is 1. The molecule has 130 valence electrons. The van der Waals surface area contributed by atoms with Gasteiger partial charge in [-0.05, 0) is 0 Å². The van der Waals surface area contributed by atoms with E-state index in [2.05, 4.69) is 19.9 Å². The average molecular weight is 338 g/mol. The Balaban J connectivity index is 2.07. The van der Waals surface area contributed by atoms with E-state index < -0.39 is 36.8 Å². The van der Waals surface area contributed by atoms with Crippen LogP contribution in [0.25, 0.3) is 11.2 Å². The monoisotopic (exact) mass is 338 g/mol. The Kier molecular flexibility index (Phi) is 4.32. The van der Waals surface area contributed by atoms with E-state index in [9.17, 15) is 20.1 Å². The fourth-order valence-corrected chi connectivity index (χ4v) is 2.48. The molecule has 1 aliphatic heterocycles. The molecule has 0 radical (unpaired) electrons. The van der Waals surface area contributed by atoms with Crippen LogP contribution in [-0.2, 0) is 4.74 Å². The Morgan fingerprint density at radius 2 is 2.21 bits per heavy atom. The minimum Gasteiger partial charge on any atom is -0.394 e. The normalized spacial score (nSPS) is 27.4. The highest BCUT2D eigenvalue weighted by Gasteiger charge is 2.44. The van der Waals surface area contributed by atoms with Crippen molar-refractivity contribution in [3.8, 4) is 0 Å². The topological polar surface area (TPSA) is 149 Å². The molecule has 4 atom stereocenters.